The van der Waals surface area contributed by atoms with Crippen LogP contribution in [0.25, 0.3) is 0 Å². The van der Waals surface area contributed by atoms with Gasteiger partial charge in [-0.2, -0.15) is 0 Å². The Morgan fingerprint density at radius 1 is 0.970 bits per heavy atom. The minimum absolute atomic E-state index is 0.131. The molecule has 33 heavy (non-hydrogen) atoms. The highest BCUT2D eigenvalue weighted by Crippen LogP contribution is 2.26. The van der Waals surface area contributed by atoms with E-state index in [1.807, 2.05) is 30.3 Å². The Morgan fingerprint density at radius 3 is 2.06 bits per heavy atom. The Kier molecular flexibility index (Phi) is 6.62. The molecule has 3 amide bonds. The summed E-state index contributed by atoms with van der Waals surface area (Å²) >= 11 is 0. The maximum Gasteiger partial charge on any atom is 0.262 e. The first-order chi connectivity index (χ1) is 15.8. The molecule has 1 N–H and O–H groups in total. The van der Waals surface area contributed by atoms with Crippen molar-refractivity contribution in [1.82, 2.24) is 14.5 Å². The molecule has 0 aromatic heterocycles. The SMILES string of the molecule is CS(=O)(=O)N1CCC(CNC(=O)C(Cc2ccccc2)N2C(=O)c3ccccc3C2=O)CC1. The average Bonchev–Trinajstić information content (AvgIpc) is 3.06. The molecule has 0 aliphatic carbocycles. The Hall–Kier alpha value is -3.04. The lowest BCUT2D eigenvalue weighted by atomic mass is 9.97. The van der Waals surface area contributed by atoms with Crippen LogP contribution in [0.5, 0.6) is 0 Å². The first-order valence-corrected chi connectivity index (χ1v) is 12.8. The van der Waals surface area contributed by atoms with Gasteiger partial charge in [-0.3, -0.25) is 19.3 Å². The molecule has 0 saturated carbocycles. The van der Waals surface area contributed by atoms with E-state index in [2.05, 4.69) is 5.32 Å². The third-order valence-corrected chi connectivity index (χ3v) is 7.62. The van der Waals surface area contributed by atoms with Crippen LogP contribution in [0, 0.1) is 5.92 Å². The third kappa shape index (κ3) is 4.99. The summed E-state index contributed by atoms with van der Waals surface area (Å²) in [4.78, 5) is 40.4. The van der Waals surface area contributed by atoms with Crippen molar-refractivity contribution in [3.63, 3.8) is 0 Å². The summed E-state index contributed by atoms with van der Waals surface area (Å²) in [5.74, 6) is -1.19. The van der Waals surface area contributed by atoms with Gasteiger partial charge in [0.05, 0.1) is 17.4 Å². The highest BCUT2D eigenvalue weighted by Gasteiger charge is 2.42. The minimum Gasteiger partial charge on any atom is -0.354 e. The largest absolute Gasteiger partial charge is 0.354 e. The van der Waals surface area contributed by atoms with E-state index in [1.54, 1.807) is 24.3 Å². The molecule has 2 heterocycles. The average molecular weight is 470 g/mol. The second-order valence-electron chi connectivity index (χ2n) is 8.58. The van der Waals surface area contributed by atoms with Gasteiger partial charge in [0.25, 0.3) is 11.8 Å². The second kappa shape index (κ2) is 9.44. The van der Waals surface area contributed by atoms with Crippen LogP contribution in [0.1, 0.15) is 39.1 Å². The number of carbonyl (C=O) groups excluding carboxylic acids is 3. The topological polar surface area (TPSA) is 104 Å². The normalized spacial score (nSPS) is 18.3. The molecule has 1 unspecified atom stereocenters. The fraction of sp³-hybridized carbons (Fsp3) is 0.375. The number of benzene rings is 2. The van der Waals surface area contributed by atoms with Crippen molar-refractivity contribution in [2.24, 2.45) is 5.92 Å². The lowest BCUT2D eigenvalue weighted by Crippen LogP contribution is -2.52. The summed E-state index contributed by atoms with van der Waals surface area (Å²) in [6, 6.07) is 14.9. The number of amides is 3. The molecule has 4 rings (SSSR count). The monoisotopic (exact) mass is 469 g/mol. The summed E-state index contributed by atoms with van der Waals surface area (Å²) in [5.41, 5.74) is 1.46. The number of nitrogens with zero attached hydrogens (tertiary/aromatic N) is 2. The summed E-state index contributed by atoms with van der Waals surface area (Å²) in [5, 5.41) is 2.92. The molecule has 2 aliphatic rings. The van der Waals surface area contributed by atoms with Crippen LogP contribution in [0.2, 0.25) is 0 Å². The number of carbonyl (C=O) groups is 3. The molecule has 1 saturated heterocycles. The van der Waals surface area contributed by atoms with Gasteiger partial charge in [0.1, 0.15) is 6.04 Å². The molecule has 0 bridgehead atoms. The number of hydrogen-bond donors (Lipinski definition) is 1. The van der Waals surface area contributed by atoms with Gasteiger partial charge in [-0.1, -0.05) is 42.5 Å². The summed E-state index contributed by atoms with van der Waals surface area (Å²) < 4.78 is 24.9. The number of hydrogen-bond acceptors (Lipinski definition) is 5. The van der Waals surface area contributed by atoms with Crippen LogP contribution in [0.3, 0.4) is 0 Å². The minimum atomic E-state index is -3.21. The van der Waals surface area contributed by atoms with Crippen LogP contribution in [0.15, 0.2) is 54.6 Å². The maximum atomic E-state index is 13.3. The van der Waals surface area contributed by atoms with E-state index in [9.17, 15) is 22.8 Å². The molecular formula is C24H27N3O5S. The van der Waals surface area contributed by atoms with Gasteiger partial charge in [0, 0.05) is 26.1 Å². The lowest BCUT2D eigenvalue weighted by molar-refractivity contribution is -0.125. The zero-order chi connectivity index (χ0) is 23.6. The fourth-order valence-corrected chi connectivity index (χ4v) is 5.31. The predicted molar refractivity (Wildman–Crippen MR) is 123 cm³/mol. The summed E-state index contributed by atoms with van der Waals surface area (Å²) in [6.45, 7) is 1.21. The van der Waals surface area contributed by atoms with Crippen molar-refractivity contribution in [3.05, 3.63) is 71.3 Å². The zero-order valence-electron chi connectivity index (χ0n) is 18.4. The van der Waals surface area contributed by atoms with Gasteiger partial charge in [-0.05, 0) is 36.5 Å². The quantitative estimate of drug-likeness (QED) is 0.622. The molecule has 1 fully saturated rings. The smallest absolute Gasteiger partial charge is 0.262 e. The third-order valence-electron chi connectivity index (χ3n) is 6.32. The van der Waals surface area contributed by atoms with Gasteiger partial charge < -0.3 is 5.32 Å². The van der Waals surface area contributed by atoms with E-state index in [0.717, 1.165) is 10.5 Å². The first-order valence-electron chi connectivity index (χ1n) is 11.0. The molecule has 8 nitrogen and oxygen atoms in total. The van der Waals surface area contributed by atoms with Gasteiger partial charge in [0.2, 0.25) is 15.9 Å². The number of imide groups is 1. The molecule has 2 aromatic rings. The highest BCUT2D eigenvalue weighted by atomic mass is 32.2. The molecule has 0 spiro atoms. The molecule has 9 heteroatoms. The van der Waals surface area contributed by atoms with Crippen molar-refractivity contribution in [3.8, 4) is 0 Å². The van der Waals surface area contributed by atoms with E-state index in [1.165, 1.54) is 10.6 Å². The Labute approximate surface area is 193 Å². The molecule has 2 aromatic carbocycles. The maximum absolute atomic E-state index is 13.3. The fourth-order valence-electron chi connectivity index (χ4n) is 4.44. The first kappa shape index (κ1) is 23.1. The Morgan fingerprint density at radius 2 is 1.52 bits per heavy atom. The number of piperidine rings is 1. The van der Waals surface area contributed by atoms with Crippen molar-refractivity contribution < 1.29 is 22.8 Å². The molecule has 0 radical (unpaired) electrons. The lowest BCUT2D eigenvalue weighted by Gasteiger charge is -2.31. The number of nitrogens with one attached hydrogen (secondary N) is 1. The van der Waals surface area contributed by atoms with E-state index < -0.39 is 27.9 Å². The van der Waals surface area contributed by atoms with Crippen LogP contribution in [-0.4, -0.2) is 67.3 Å². The zero-order valence-corrected chi connectivity index (χ0v) is 19.3. The van der Waals surface area contributed by atoms with Crippen molar-refractivity contribution in [2.75, 3.05) is 25.9 Å². The van der Waals surface area contributed by atoms with Crippen molar-refractivity contribution >= 4 is 27.7 Å². The van der Waals surface area contributed by atoms with E-state index >= 15 is 0 Å². The Balaban J connectivity index is 1.48. The highest BCUT2D eigenvalue weighted by molar-refractivity contribution is 7.88. The molecule has 2 aliphatic heterocycles. The van der Waals surface area contributed by atoms with Gasteiger partial charge in [-0.15, -0.1) is 0 Å². The standard InChI is InChI=1S/C24H27N3O5S/c1-33(31,32)26-13-11-18(12-14-26)16-25-22(28)21(15-17-7-3-2-4-8-17)27-23(29)19-9-5-6-10-20(19)24(27)30/h2-10,18,21H,11-16H2,1H3,(H,25,28). The van der Waals surface area contributed by atoms with Crippen LogP contribution in [-0.2, 0) is 21.2 Å². The summed E-state index contributed by atoms with van der Waals surface area (Å²) in [6.07, 6.45) is 2.70. The van der Waals surface area contributed by atoms with E-state index in [4.69, 9.17) is 0 Å². The molecule has 174 valence electrons. The van der Waals surface area contributed by atoms with Crippen LogP contribution in [0.4, 0.5) is 0 Å². The van der Waals surface area contributed by atoms with Crippen LogP contribution >= 0.6 is 0 Å². The second-order valence-corrected chi connectivity index (χ2v) is 10.6. The van der Waals surface area contributed by atoms with Crippen molar-refractivity contribution in [1.29, 1.82) is 0 Å². The molecule has 1 atom stereocenters. The van der Waals surface area contributed by atoms with Crippen LogP contribution < -0.4 is 5.32 Å². The number of rotatable bonds is 7. The van der Waals surface area contributed by atoms with E-state index in [0.29, 0.717) is 43.6 Å². The Bertz CT molecular complexity index is 1120. The van der Waals surface area contributed by atoms with E-state index in [-0.39, 0.29) is 18.2 Å². The number of sulfonamides is 1. The van der Waals surface area contributed by atoms with Crippen molar-refractivity contribution in [2.45, 2.75) is 25.3 Å². The number of fused-ring (bicyclic) bond motifs is 1. The van der Waals surface area contributed by atoms with Gasteiger partial charge in [-0.25, -0.2) is 12.7 Å². The van der Waals surface area contributed by atoms with Gasteiger partial charge in [0.15, 0.2) is 0 Å². The predicted octanol–water partition coefficient (Wildman–Crippen LogP) is 1.68. The summed E-state index contributed by atoms with van der Waals surface area (Å²) in [7, 11) is -3.21. The van der Waals surface area contributed by atoms with Gasteiger partial charge >= 0.3 is 0 Å². The molecular weight excluding hydrogens is 442 g/mol.